The lowest BCUT2D eigenvalue weighted by Gasteiger charge is -2.11. The highest BCUT2D eigenvalue weighted by atomic mass is 35.5. The largest absolute Gasteiger partial charge is 0.309 e. The Kier molecular flexibility index (Phi) is 2.25. The van der Waals surface area contributed by atoms with E-state index in [4.69, 9.17) is 11.6 Å². The minimum absolute atomic E-state index is 0.783. The van der Waals surface area contributed by atoms with Crippen molar-refractivity contribution in [3.05, 3.63) is 29.0 Å². The Bertz CT molecular complexity index is 432. The van der Waals surface area contributed by atoms with Gasteiger partial charge in [-0.25, -0.2) is 0 Å². The first kappa shape index (κ1) is 10.3. The summed E-state index contributed by atoms with van der Waals surface area (Å²) < 4.78 is 0. The van der Waals surface area contributed by atoms with Gasteiger partial charge < -0.3 is 5.32 Å². The summed E-state index contributed by atoms with van der Waals surface area (Å²) in [5.41, 5.74) is 1.18. The molecular formula is C14H17ClN2. The number of aromatic nitrogens is 1. The van der Waals surface area contributed by atoms with Crippen LogP contribution in [0.4, 0.5) is 0 Å². The van der Waals surface area contributed by atoms with Gasteiger partial charge in [-0.1, -0.05) is 11.6 Å². The summed E-state index contributed by atoms with van der Waals surface area (Å²) in [5.74, 6) is 4.06. The lowest BCUT2D eigenvalue weighted by molar-refractivity contribution is 0.456. The molecule has 3 fully saturated rings. The van der Waals surface area contributed by atoms with E-state index in [1.54, 1.807) is 6.20 Å². The van der Waals surface area contributed by atoms with Crippen LogP contribution in [0, 0.1) is 23.7 Å². The summed E-state index contributed by atoms with van der Waals surface area (Å²) in [7, 11) is 0. The highest BCUT2D eigenvalue weighted by molar-refractivity contribution is 6.31. The van der Waals surface area contributed by atoms with Gasteiger partial charge in [-0.2, -0.15) is 0 Å². The molecule has 2 bridgehead atoms. The summed E-state index contributed by atoms with van der Waals surface area (Å²) >= 11 is 6.12. The normalized spacial score (nSPS) is 41.6. The third kappa shape index (κ3) is 1.54. The Hall–Kier alpha value is -0.600. The summed E-state index contributed by atoms with van der Waals surface area (Å²) in [4.78, 5) is 4.02. The molecule has 1 heterocycles. The minimum Gasteiger partial charge on any atom is -0.309 e. The van der Waals surface area contributed by atoms with Gasteiger partial charge in [0.25, 0.3) is 0 Å². The Labute approximate surface area is 107 Å². The monoisotopic (exact) mass is 248 g/mol. The Morgan fingerprint density at radius 2 is 2.06 bits per heavy atom. The fraction of sp³-hybridized carbons (Fsp3) is 0.643. The molecule has 90 valence electrons. The number of fused-ring (bicyclic) bond motifs is 5. The maximum atomic E-state index is 6.12. The zero-order chi connectivity index (χ0) is 11.4. The Morgan fingerprint density at radius 3 is 2.76 bits per heavy atom. The number of nitrogens with zero attached hydrogens (tertiary/aromatic N) is 1. The third-order valence-electron chi connectivity index (χ3n) is 5.12. The molecule has 0 spiro atoms. The van der Waals surface area contributed by atoms with Crippen molar-refractivity contribution in [1.29, 1.82) is 0 Å². The maximum absolute atomic E-state index is 6.12. The summed E-state index contributed by atoms with van der Waals surface area (Å²) in [6.07, 6.45) is 8.04. The number of hydrogen-bond donors (Lipinski definition) is 1. The van der Waals surface area contributed by atoms with E-state index >= 15 is 0 Å². The van der Waals surface area contributed by atoms with Crippen LogP contribution in [0.15, 0.2) is 18.5 Å². The van der Waals surface area contributed by atoms with Gasteiger partial charge >= 0.3 is 0 Å². The molecular weight excluding hydrogens is 232 g/mol. The van der Waals surface area contributed by atoms with Crippen LogP contribution in [0.5, 0.6) is 0 Å². The molecule has 1 aromatic rings. The Morgan fingerprint density at radius 1 is 1.29 bits per heavy atom. The lowest BCUT2D eigenvalue weighted by atomic mass is 10.0. The van der Waals surface area contributed by atoms with Crippen LogP contribution in [0.1, 0.15) is 24.8 Å². The first-order chi connectivity index (χ1) is 8.34. The van der Waals surface area contributed by atoms with Gasteiger partial charge in [0.1, 0.15) is 0 Å². The van der Waals surface area contributed by atoms with Crippen molar-refractivity contribution in [3.8, 4) is 0 Å². The highest BCUT2D eigenvalue weighted by Gasteiger charge is 2.64. The van der Waals surface area contributed by atoms with E-state index in [1.807, 2.05) is 12.3 Å². The van der Waals surface area contributed by atoms with Gasteiger partial charge in [-0.05, 0) is 54.6 Å². The molecule has 3 aliphatic carbocycles. The number of rotatable bonds is 3. The quantitative estimate of drug-likeness (QED) is 0.890. The van der Waals surface area contributed by atoms with Gasteiger partial charge in [0.15, 0.2) is 0 Å². The molecule has 0 radical (unpaired) electrons. The molecule has 4 unspecified atom stereocenters. The van der Waals surface area contributed by atoms with E-state index in [1.165, 1.54) is 24.8 Å². The molecule has 3 heteroatoms. The first-order valence-corrected chi connectivity index (χ1v) is 7.04. The summed E-state index contributed by atoms with van der Waals surface area (Å²) in [6, 6.07) is 2.80. The summed E-state index contributed by atoms with van der Waals surface area (Å²) in [6.45, 7) is 0.901. The van der Waals surface area contributed by atoms with Crippen LogP contribution >= 0.6 is 11.6 Å². The second-order valence-corrected chi connectivity index (χ2v) is 6.27. The van der Waals surface area contributed by atoms with Crippen molar-refractivity contribution in [1.82, 2.24) is 10.3 Å². The molecule has 3 aliphatic rings. The van der Waals surface area contributed by atoms with Gasteiger partial charge in [0, 0.05) is 25.0 Å². The maximum Gasteiger partial charge on any atom is 0.0634 e. The summed E-state index contributed by atoms with van der Waals surface area (Å²) in [5, 5.41) is 4.49. The van der Waals surface area contributed by atoms with Crippen molar-refractivity contribution < 1.29 is 0 Å². The number of pyridine rings is 1. The average molecular weight is 249 g/mol. The van der Waals surface area contributed by atoms with Gasteiger partial charge in [0.2, 0.25) is 0 Å². The SMILES string of the molecule is Clc1cnccc1CNC1C2C3CCC(C3)C12. The van der Waals surface area contributed by atoms with Crippen LogP contribution in [0.3, 0.4) is 0 Å². The van der Waals surface area contributed by atoms with E-state index in [0.717, 1.165) is 41.3 Å². The number of nitrogens with one attached hydrogen (secondary N) is 1. The molecule has 1 N–H and O–H groups in total. The van der Waals surface area contributed by atoms with E-state index in [9.17, 15) is 0 Å². The van der Waals surface area contributed by atoms with Crippen LogP contribution in [-0.4, -0.2) is 11.0 Å². The molecule has 0 aromatic carbocycles. The van der Waals surface area contributed by atoms with Crippen LogP contribution < -0.4 is 5.32 Å². The van der Waals surface area contributed by atoms with Crippen LogP contribution in [0.2, 0.25) is 5.02 Å². The van der Waals surface area contributed by atoms with Crippen molar-refractivity contribution in [2.24, 2.45) is 23.7 Å². The topological polar surface area (TPSA) is 24.9 Å². The molecule has 2 nitrogen and oxygen atoms in total. The van der Waals surface area contributed by atoms with Gasteiger partial charge in [-0.3, -0.25) is 4.98 Å². The molecule has 1 aromatic heterocycles. The van der Waals surface area contributed by atoms with E-state index in [-0.39, 0.29) is 0 Å². The zero-order valence-electron chi connectivity index (χ0n) is 9.77. The molecule has 0 amide bonds. The number of halogens is 1. The third-order valence-corrected chi connectivity index (χ3v) is 5.46. The van der Waals surface area contributed by atoms with Crippen molar-refractivity contribution >= 4 is 11.6 Å². The molecule has 3 saturated carbocycles. The van der Waals surface area contributed by atoms with Crippen LogP contribution in [0.25, 0.3) is 0 Å². The van der Waals surface area contributed by atoms with E-state index in [2.05, 4.69) is 10.3 Å². The predicted octanol–water partition coefficient (Wildman–Crippen LogP) is 2.87. The fourth-order valence-electron chi connectivity index (χ4n) is 4.37. The first-order valence-electron chi connectivity index (χ1n) is 6.66. The molecule has 0 saturated heterocycles. The fourth-order valence-corrected chi connectivity index (χ4v) is 4.56. The average Bonchev–Trinajstić information content (AvgIpc) is 2.74. The second kappa shape index (κ2) is 3.69. The standard InChI is InChI=1S/C14H17ClN2/c15-11-7-16-4-3-10(11)6-17-14-12-8-1-2-9(5-8)13(12)14/h3-4,7-9,12-14,17H,1-2,5-6H2. The van der Waals surface area contributed by atoms with Crippen molar-refractivity contribution in [2.75, 3.05) is 0 Å². The van der Waals surface area contributed by atoms with E-state index in [0.29, 0.717) is 0 Å². The second-order valence-electron chi connectivity index (χ2n) is 5.86. The molecule has 4 rings (SSSR count). The lowest BCUT2D eigenvalue weighted by Crippen LogP contribution is -2.22. The van der Waals surface area contributed by atoms with Gasteiger partial charge in [0.05, 0.1) is 5.02 Å². The number of hydrogen-bond acceptors (Lipinski definition) is 2. The molecule has 4 atom stereocenters. The minimum atomic E-state index is 0.783. The zero-order valence-corrected chi connectivity index (χ0v) is 10.5. The van der Waals surface area contributed by atoms with Crippen molar-refractivity contribution in [3.63, 3.8) is 0 Å². The van der Waals surface area contributed by atoms with E-state index < -0.39 is 0 Å². The van der Waals surface area contributed by atoms with Gasteiger partial charge in [-0.15, -0.1) is 0 Å². The van der Waals surface area contributed by atoms with Crippen LogP contribution in [-0.2, 0) is 6.54 Å². The highest BCUT2D eigenvalue weighted by Crippen LogP contribution is 2.65. The predicted molar refractivity (Wildman–Crippen MR) is 67.7 cm³/mol. The Balaban J connectivity index is 1.40. The van der Waals surface area contributed by atoms with Crippen molar-refractivity contribution in [2.45, 2.75) is 31.8 Å². The molecule has 0 aliphatic heterocycles. The smallest absolute Gasteiger partial charge is 0.0634 e. The molecule has 17 heavy (non-hydrogen) atoms.